The highest BCUT2D eigenvalue weighted by Crippen LogP contribution is 2.31. The van der Waals surface area contributed by atoms with Crippen LogP contribution in [0, 0.1) is 0 Å². The molecule has 0 saturated heterocycles. The van der Waals surface area contributed by atoms with Gasteiger partial charge in [0.15, 0.2) is 0 Å². The minimum atomic E-state index is 0.714. The molecule has 0 aliphatic carbocycles. The zero-order valence-electron chi connectivity index (χ0n) is 7.00. The normalized spacial score (nSPS) is 14.8. The number of para-hydroxylation sites is 1. The standard InChI is InChI=1S/C11H10O/c1-8-7-9(2)12-11-6-4-3-5-10(8)11/h3-7H,2H2,1H3. The molecule has 1 aromatic carbocycles. The Bertz CT molecular complexity index is 361. The van der Waals surface area contributed by atoms with Gasteiger partial charge in [0, 0.05) is 5.56 Å². The second-order valence-corrected chi connectivity index (χ2v) is 2.89. The van der Waals surface area contributed by atoms with Crippen molar-refractivity contribution in [2.24, 2.45) is 0 Å². The summed E-state index contributed by atoms with van der Waals surface area (Å²) in [5.41, 5.74) is 2.37. The van der Waals surface area contributed by atoms with E-state index in [0.717, 1.165) is 11.3 Å². The van der Waals surface area contributed by atoms with Crippen molar-refractivity contribution in [2.45, 2.75) is 6.92 Å². The molecule has 0 spiro atoms. The number of hydrogen-bond acceptors (Lipinski definition) is 1. The second kappa shape index (κ2) is 2.52. The molecular weight excluding hydrogens is 148 g/mol. The van der Waals surface area contributed by atoms with Crippen molar-refractivity contribution in [3.63, 3.8) is 0 Å². The summed E-state index contributed by atoms with van der Waals surface area (Å²) in [5, 5.41) is 0. The SMILES string of the molecule is C=C1C=C(C)c2ccccc2O1. The van der Waals surface area contributed by atoms with Crippen molar-refractivity contribution in [3.05, 3.63) is 48.2 Å². The van der Waals surface area contributed by atoms with Gasteiger partial charge < -0.3 is 4.74 Å². The molecule has 0 N–H and O–H groups in total. The fourth-order valence-electron chi connectivity index (χ4n) is 1.37. The Balaban J connectivity index is 2.60. The lowest BCUT2D eigenvalue weighted by molar-refractivity contribution is 0.441. The van der Waals surface area contributed by atoms with E-state index in [0.29, 0.717) is 5.76 Å². The van der Waals surface area contributed by atoms with Crippen molar-refractivity contribution in [3.8, 4) is 5.75 Å². The monoisotopic (exact) mass is 158 g/mol. The topological polar surface area (TPSA) is 9.23 Å². The molecule has 1 heterocycles. The molecular formula is C11H10O. The molecule has 0 fully saturated rings. The average Bonchev–Trinajstić information content (AvgIpc) is 2.04. The zero-order chi connectivity index (χ0) is 8.55. The van der Waals surface area contributed by atoms with E-state index in [2.05, 4.69) is 13.5 Å². The highest BCUT2D eigenvalue weighted by Gasteiger charge is 2.10. The highest BCUT2D eigenvalue weighted by atomic mass is 16.5. The van der Waals surface area contributed by atoms with Crippen molar-refractivity contribution in [1.29, 1.82) is 0 Å². The Morgan fingerprint density at radius 3 is 2.83 bits per heavy atom. The van der Waals surface area contributed by atoms with Crippen LogP contribution in [0.5, 0.6) is 5.75 Å². The predicted molar refractivity (Wildman–Crippen MR) is 49.9 cm³/mol. The van der Waals surface area contributed by atoms with Gasteiger partial charge in [-0.15, -0.1) is 0 Å². The molecule has 0 aromatic heterocycles. The molecule has 1 aliphatic rings. The van der Waals surface area contributed by atoms with Crippen LogP contribution in [0.15, 0.2) is 42.7 Å². The van der Waals surface area contributed by atoms with E-state index < -0.39 is 0 Å². The largest absolute Gasteiger partial charge is 0.457 e. The Morgan fingerprint density at radius 2 is 2.00 bits per heavy atom. The van der Waals surface area contributed by atoms with Crippen molar-refractivity contribution < 1.29 is 4.74 Å². The van der Waals surface area contributed by atoms with Crippen LogP contribution in [0.2, 0.25) is 0 Å². The smallest absolute Gasteiger partial charge is 0.134 e. The quantitative estimate of drug-likeness (QED) is 0.564. The molecule has 1 aliphatic heterocycles. The first-order chi connectivity index (χ1) is 5.77. The van der Waals surface area contributed by atoms with E-state index in [1.54, 1.807) is 0 Å². The summed E-state index contributed by atoms with van der Waals surface area (Å²) in [4.78, 5) is 0. The highest BCUT2D eigenvalue weighted by molar-refractivity contribution is 5.73. The molecule has 0 unspecified atom stereocenters. The van der Waals surface area contributed by atoms with Crippen molar-refractivity contribution in [1.82, 2.24) is 0 Å². The van der Waals surface area contributed by atoms with Crippen LogP contribution in [-0.4, -0.2) is 0 Å². The maximum Gasteiger partial charge on any atom is 0.134 e. The number of hydrogen-bond donors (Lipinski definition) is 0. The summed E-state index contributed by atoms with van der Waals surface area (Å²) >= 11 is 0. The van der Waals surface area contributed by atoms with E-state index in [4.69, 9.17) is 4.74 Å². The summed E-state index contributed by atoms with van der Waals surface area (Å²) in [5.74, 6) is 1.62. The fraction of sp³-hybridized carbons (Fsp3) is 0.0909. The molecule has 0 saturated carbocycles. The molecule has 0 radical (unpaired) electrons. The van der Waals surface area contributed by atoms with E-state index in [1.165, 1.54) is 5.57 Å². The van der Waals surface area contributed by atoms with Crippen LogP contribution in [0.4, 0.5) is 0 Å². The summed E-state index contributed by atoms with van der Waals surface area (Å²) in [6, 6.07) is 7.98. The summed E-state index contributed by atoms with van der Waals surface area (Å²) < 4.78 is 5.43. The van der Waals surface area contributed by atoms with Gasteiger partial charge in [0.1, 0.15) is 11.5 Å². The lowest BCUT2D eigenvalue weighted by atomic mass is 10.0. The Hall–Kier alpha value is -1.50. The lowest BCUT2D eigenvalue weighted by Crippen LogP contribution is -1.99. The first-order valence-corrected chi connectivity index (χ1v) is 3.92. The Labute approximate surface area is 72.0 Å². The molecule has 0 atom stereocenters. The van der Waals surface area contributed by atoms with Crippen LogP contribution >= 0.6 is 0 Å². The summed E-state index contributed by atoms with van der Waals surface area (Å²) in [6.07, 6.45) is 1.95. The van der Waals surface area contributed by atoms with Gasteiger partial charge in [-0.05, 0) is 24.6 Å². The molecule has 0 bridgehead atoms. The van der Waals surface area contributed by atoms with Crippen LogP contribution < -0.4 is 4.74 Å². The third kappa shape index (κ3) is 1.03. The minimum Gasteiger partial charge on any atom is -0.457 e. The number of fused-ring (bicyclic) bond motifs is 1. The molecule has 1 heteroatoms. The van der Waals surface area contributed by atoms with Gasteiger partial charge >= 0.3 is 0 Å². The van der Waals surface area contributed by atoms with Gasteiger partial charge in [-0.25, -0.2) is 0 Å². The Kier molecular flexibility index (Phi) is 1.51. The number of rotatable bonds is 0. The van der Waals surface area contributed by atoms with Gasteiger partial charge in [0.2, 0.25) is 0 Å². The van der Waals surface area contributed by atoms with Gasteiger partial charge in [0.25, 0.3) is 0 Å². The van der Waals surface area contributed by atoms with E-state index >= 15 is 0 Å². The zero-order valence-corrected chi connectivity index (χ0v) is 7.00. The molecule has 60 valence electrons. The van der Waals surface area contributed by atoms with Crippen molar-refractivity contribution in [2.75, 3.05) is 0 Å². The summed E-state index contributed by atoms with van der Waals surface area (Å²) in [7, 11) is 0. The molecule has 2 rings (SSSR count). The van der Waals surface area contributed by atoms with E-state index in [9.17, 15) is 0 Å². The van der Waals surface area contributed by atoms with Crippen LogP contribution in [0.1, 0.15) is 12.5 Å². The van der Waals surface area contributed by atoms with Crippen LogP contribution in [0.3, 0.4) is 0 Å². The fourth-order valence-corrected chi connectivity index (χ4v) is 1.37. The number of allylic oxidation sites excluding steroid dienone is 2. The van der Waals surface area contributed by atoms with Crippen molar-refractivity contribution >= 4 is 5.57 Å². The van der Waals surface area contributed by atoms with Gasteiger partial charge in [-0.2, -0.15) is 0 Å². The van der Waals surface area contributed by atoms with E-state index in [-0.39, 0.29) is 0 Å². The third-order valence-electron chi connectivity index (χ3n) is 1.93. The molecule has 1 aromatic rings. The number of ether oxygens (including phenoxy) is 1. The number of benzene rings is 1. The first-order valence-electron chi connectivity index (χ1n) is 3.92. The predicted octanol–water partition coefficient (Wildman–Crippen LogP) is 3.00. The third-order valence-corrected chi connectivity index (χ3v) is 1.93. The van der Waals surface area contributed by atoms with Gasteiger partial charge in [0.05, 0.1) is 0 Å². The molecule has 12 heavy (non-hydrogen) atoms. The average molecular weight is 158 g/mol. The van der Waals surface area contributed by atoms with Crippen LogP contribution in [0.25, 0.3) is 5.57 Å². The van der Waals surface area contributed by atoms with E-state index in [1.807, 2.05) is 30.3 Å². The molecule has 1 nitrogen and oxygen atoms in total. The first kappa shape index (κ1) is 7.17. The Morgan fingerprint density at radius 1 is 1.25 bits per heavy atom. The van der Waals surface area contributed by atoms with Crippen LogP contribution in [-0.2, 0) is 0 Å². The van der Waals surface area contributed by atoms with Gasteiger partial charge in [-0.3, -0.25) is 0 Å². The maximum absolute atomic E-state index is 5.43. The molecule has 0 amide bonds. The minimum absolute atomic E-state index is 0.714. The lowest BCUT2D eigenvalue weighted by Gasteiger charge is -2.16. The maximum atomic E-state index is 5.43. The van der Waals surface area contributed by atoms with Gasteiger partial charge in [-0.1, -0.05) is 24.8 Å². The summed E-state index contributed by atoms with van der Waals surface area (Å²) in [6.45, 7) is 5.83. The second-order valence-electron chi connectivity index (χ2n) is 2.89.